The number of benzene rings is 1. The third-order valence-electron chi connectivity index (χ3n) is 3.23. The van der Waals surface area contributed by atoms with Gasteiger partial charge in [0.15, 0.2) is 0 Å². The molecule has 3 amide bonds. The van der Waals surface area contributed by atoms with Gasteiger partial charge in [0.05, 0.1) is 5.56 Å². The largest absolute Gasteiger partial charge is 0.387 e. The van der Waals surface area contributed by atoms with Crippen molar-refractivity contribution in [2.45, 2.75) is 25.8 Å². The topological polar surface area (TPSA) is 87.3 Å². The minimum Gasteiger partial charge on any atom is -0.387 e. The summed E-state index contributed by atoms with van der Waals surface area (Å²) in [6.07, 6.45) is 0.570. The van der Waals surface area contributed by atoms with E-state index in [2.05, 4.69) is 16.0 Å². The van der Waals surface area contributed by atoms with Crippen LogP contribution in [0.5, 0.6) is 0 Å². The van der Waals surface area contributed by atoms with Crippen LogP contribution in [0.3, 0.4) is 0 Å². The number of anilines is 1. The number of aryl methyl sites for hydroxylation is 1. The normalized spacial score (nSPS) is 18.4. The van der Waals surface area contributed by atoms with Gasteiger partial charge in [-0.2, -0.15) is 0 Å². The molecule has 1 heterocycles. The van der Waals surface area contributed by atoms with Crippen molar-refractivity contribution in [2.24, 2.45) is 0 Å². The Balaban J connectivity index is 2.12. The van der Waals surface area contributed by atoms with Crippen LogP contribution in [0.2, 0.25) is 0 Å². The maximum atomic E-state index is 12.2. The minimum absolute atomic E-state index is 0.240. The summed E-state index contributed by atoms with van der Waals surface area (Å²) in [6.45, 7) is 1.93. The fraction of sp³-hybridized carbons (Fsp3) is 0.357. The second-order valence-electron chi connectivity index (χ2n) is 4.78. The van der Waals surface area contributed by atoms with Gasteiger partial charge in [-0.05, 0) is 31.0 Å². The zero-order valence-electron chi connectivity index (χ0n) is 11.4. The van der Waals surface area contributed by atoms with Crippen molar-refractivity contribution in [3.05, 3.63) is 29.3 Å². The van der Waals surface area contributed by atoms with Gasteiger partial charge in [-0.25, -0.2) is 0 Å². The minimum atomic E-state index is -0.661. The van der Waals surface area contributed by atoms with Crippen molar-refractivity contribution >= 4 is 23.4 Å². The predicted octanol–water partition coefficient (Wildman–Crippen LogP) is 0.572. The van der Waals surface area contributed by atoms with Gasteiger partial charge in [-0.1, -0.05) is 6.07 Å². The molecule has 0 aromatic heterocycles. The average Bonchev–Trinajstić information content (AvgIpc) is 2.41. The van der Waals surface area contributed by atoms with Gasteiger partial charge in [0, 0.05) is 19.2 Å². The zero-order valence-corrected chi connectivity index (χ0v) is 11.4. The molecule has 1 unspecified atom stereocenters. The van der Waals surface area contributed by atoms with E-state index in [1.807, 2.05) is 19.1 Å². The third kappa shape index (κ3) is 2.96. The van der Waals surface area contributed by atoms with Crippen LogP contribution in [0.15, 0.2) is 18.2 Å². The molecule has 1 aromatic rings. The highest BCUT2D eigenvalue weighted by molar-refractivity contribution is 6.05. The van der Waals surface area contributed by atoms with E-state index in [1.165, 1.54) is 0 Å². The molecule has 0 radical (unpaired) electrons. The number of hydrogen-bond acceptors (Lipinski definition) is 4. The summed E-state index contributed by atoms with van der Waals surface area (Å²) in [4.78, 5) is 34.9. The first kappa shape index (κ1) is 14.0. The molecular formula is C14H17N3O3. The standard InChI is InChI=1S/C14H17N3O3/c1-8-3-4-9(11(7-8)15-2)13(19)16-10-5-6-12(18)17-14(10)20/h3-4,7,10,15H,5-6H2,1-2H3,(H,16,19)(H,17,18,20). The lowest BCUT2D eigenvalue weighted by molar-refractivity contribution is -0.134. The molecule has 1 aliphatic heterocycles. The summed E-state index contributed by atoms with van der Waals surface area (Å²) < 4.78 is 0. The number of imide groups is 1. The van der Waals surface area contributed by atoms with Crippen LogP contribution in [-0.4, -0.2) is 30.8 Å². The van der Waals surface area contributed by atoms with Crippen LogP contribution in [-0.2, 0) is 9.59 Å². The number of carbonyl (C=O) groups is 3. The van der Waals surface area contributed by atoms with E-state index in [4.69, 9.17) is 0 Å². The van der Waals surface area contributed by atoms with E-state index in [0.717, 1.165) is 5.56 Å². The quantitative estimate of drug-likeness (QED) is 0.704. The van der Waals surface area contributed by atoms with E-state index in [9.17, 15) is 14.4 Å². The van der Waals surface area contributed by atoms with Crippen molar-refractivity contribution in [3.8, 4) is 0 Å². The number of amides is 3. The zero-order chi connectivity index (χ0) is 14.7. The van der Waals surface area contributed by atoms with Crippen LogP contribution in [0, 0.1) is 6.92 Å². The van der Waals surface area contributed by atoms with Crippen molar-refractivity contribution in [1.82, 2.24) is 10.6 Å². The molecule has 0 spiro atoms. The maximum absolute atomic E-state index is 12.2. The molecule has 1 saturated heterocycles. The van der Waals surface area contributed by atoms with Gasteiger partial charge in [0.25, 0.3) is 5.91 Å². The van der Waals surface area contributed by atoms with E-state index < -0.39 is 11.9 Å². The fourth-order valence-electron chi connectivity index (χ4n) is 2.13. The van der Waals surface area contributed by atoms with Crippen molar-refractivity contribution in [3.63, 3.8) is 0 Å². The monoisotopic (exact) mass is 275 g/mol. The van der Waals surface area contributed by atoms with E-state index in [-0.39, 0.29) is 18.2 Å². The Morgan fingerprint density at radius 3 is 2.75 bits per heavy atom. The van der Waals surface area contributed by atoms with Gasteiger partial charge >= 0.3 is 0 Å². The average molecular weight is 275 g/mol. The highest BCUT2D eigenvalue weighted by atomic mass is 16.2. The molecule has 6 nitrogen and oxygen atoms in total. The first-order chi connectivity index (χ1) is 9.51. The molecule has 1 aromatic carbocycles. The lowest BCUT2D eigenvalue weighted by atomic mass is 10.0. The predicted molar refractivity (Wildman–Crippen MR) is 74.4 cm³/mol. The molecule has 3 N–H and O–H groups in total. The Kier molecular flexibility index (Phi) is 4.02. The number of nitrogens with one attached hydrogen (secondary N) is 3. The number of piperidine rings is 1. The van der Waals surface area contributed by atoms with Crippen molar-refractivity contribution in [1.29, 1.82) is 0 Å². The van der Waals surface area contributed by atoms with Crippen molar-refractivity contribution < 1.29 is 14.4 Å². The van der Waals surface area contributed by atoms with Crippen LogP contribution in [0.4, 0.5) is 5.69 Å². The summed E-state index contributed by atoms with van der Waals surface area (Å²) in [5.74, 6) is -1.08. The van der Waals surface area contributed by atoms with Gasteiger partial charge in [0.1, 0.15) is 6.04 Å². The molecule has 0 aliphatic carbocycles. The highest BCUT2D eigenvalue weighted by Crippen LogP contribution is 2.17. The van der Waals surface area contributed by atoms with Crippen LogP contribution in [0.1, 0.15) is 28.8 Å². The van der Waals surface area contributed by atoms with Crippen LogP contribution < -0.4 is 16.0 Å². The Morgan fingerprint density at radius 2 is 2.10 bits per heavy atom. The SMILES string of the molecule is CNc1cc(C)ccc1C(=O)NC1CCC(=O)NC1=O. The van der Waals surface area contributed by atoms with Gasteiger partial charge in [-0.15, -0.1) is 0 Å². The highest BCUT2D eigenvalue weighted by Gasteiger charge is 2.28. The lowest BCUT2D eigenvalue weighted by Crippen LogP contribution is -2.52. The molecule has 1 atom stereocenters. The summed E-state index contributed by atoms with van der Waals surface area (Å²) >= 11 is 0. The van der Waals surface area contributed by atoms with Gasteiger partial charge in [-0.3, -0.25) is 19.7 Å². The third-order valence-corrected chi connectivity index (χ3v) is 3.23. The second-order valence-corrected chi connectivity index (χ2v) is 4.78. The Bertz CT molecular complexity index is 569. The summed E-state index contributed by atoms with van der Waals surface area (Å²) in [7, 11) is 1.73. The van der Waals surface area contributed by atoms with E-state index >= 15 is 0 Å². The maximum Gasteiger partial charge on any atom is 0.254 e. The Labute approximate surface area is 116 Å². The molecule has 1 fully saturated rings. The van der Waals surface area contributed by atoms with Crippen molar-refractivity contribution in [2.75, 3.05) is 12.4 Å². The molecule has 20 heavy (non-hydrogen) atoms. The number of hydrogen-bond donors (Lipinski definition) is 3. The number of carbonyl (C=O) groups excluding carboxylic acids is 3. The first-order valence-corrected chi connectivity index (χ1v) is 6.44. The fourth-order valence-corrected chi connectivity index (χ4v) is 2.13. The Hall–Kier alpha value is -2.37. The first-order valence-electron chi connectivity index (χ1n) is 6.44. The Morgan fingerprint density at radius 1 is 1.35 bits per heavy atom. The van der Waals surface area contributed by atoms with Gasteiger partial charge < -0.3 is 10.6 Å². The molecule has 0 bridgehead atoms. The summed E-state index contributed by atoms with van der Waals surface area (Å²) in [5.41, 5.74) is 2.21. The lowest BCUT2D eigenvalue weighted by Gasteiger charge is -2.22. The molecule has 2 rings (SSSR count). The molecule has 0 saturated carbocycles. The van der Waals surface area contributed by atoms with Crippen LogP contribution >= 0.6 is 0 Å². The summed E-state index contributed by atoms with van der Waals surface area (Å²) in [5, 5.41) is 7.83. The smallest absolute Gasteiger partial charge is 0.254 e. The molecule has 1 aliphatic rings. The summed E-state index contributed by atoms with van der Waals surface area (Å²) in [6, 6.07) is 4.74. The number of rotatable bonds is 3. The van der Waals surface area contributed by atoms with E-state index in [1.54, 1.807) is 13.1 Å². The molecular weight excluding hydrogens is 258 g/mol. The molecule has 6 heteroatoms. The van der Waals surface area contributed by atoms with Crippen LogP contribution in [0.25, 0.3) is 0 Å². The van der Waals surface area contributed by atoms with Gasteiger partial charge in [0.2, 0.25) is 11.8 Å². The second kappa shape index (κ2) is 5.73. The molecule has 106 valence electrons. The van der Waals surface area contributed by atoms with E-state index in [0.29, 0.717) is 17.7 Å².